The minimum atomic E-state index is -0.444. The predicted molar refractivity (Wildman–Crippen MR) is 99.7 cm³/mol. The number of carbonyl (C=O) groups is 1. The van der Waals surface area contributed by atoms with Crippen LogP contribution in [0.5, 0.6) is 11.5 Å². The average molecular weight is 351 g/mol. The van der Waals surface area contributed by atoms with E-state index >= 15 is 0 Å². The minimum absolute atomic E-state index is 0.0241. The lowest BCUT2D eigenvalue weighted by Gasteiger charge is -2.18. The van der Waals surface area contributed by atoms with Gasteiger partial charge >= 0.3 is 0 Å². The normalized spacial score (nSPS) is 13.7. The highest BCUT2D eigenvalue weighted by Gasteiger charge is 2.21. The SMILES string of the molecule is CC(C)(C)C(=O)Nc1ccc2nc(-c3ccc4c(c3)OCCO4)cn2c1. The van der Waals surface area contributed by atoms with Crippen molar-refractivity contribution in [3.05, 3.63) is 42.7 Å². The molecule has 26 heavy (non-hydrogen) atoms. The molecule has 1 N–H and O–H groups in total. The second kappa shape index (κ2) is 6.05. The lowest BCUT2D eigenvalue weighted by molar-refractivity contribution is -0.123. The van der Waals surface area contributed by atoms with Crippen LogP contribution in [0.2, 0.25) is 0 Å². The topological polar surface area (TPSA) is 64.9 Å². The number of nitrogens with zero attached hydrogens (tertiary/aromatic N) is 2. The first-order valence-corrected chi connectivity index (χ1v) is 8.60. The molecule has 3 heterocycles. The number of anilines is 1. The molecule has 0 unspecified atom stereocenters. The van der Waals surface area contributed by atoms with Gasteiger partial charge < -0.3 is 19.2 Å². The van der Waals surface area contributed by atoms with E-state index in [9.17, 15) is 4.79 Å². The average Bonchev–Trinajstić information content (AvgIpc) is 3.04. The van der Waals surface area contributed by atoms with Crippen molar-refractivity contribution in [2.75, 3.05) is 18.5 Å². The van der Waals surface area contributed by atoms with Gasteiger partial charge in [0.15, 0.2) is 11.5 Å². The van der Waals surface area contributed by atoms with Gasteiger partial charge in [0.2, 0.25) is 5.91 Å². The van der Waals surface area contributed by atoms with E-state index in [1.807, 2.05) is 67.9 Å². The van der Waals surface area contributed by atoms with Gasteiger partial charge in [-0.3, -0.25) is 4.79 Å². The van der Waals surface area contributed by atoms with Gasteiger partial charge in [0.05, 0.1) is 11.4 Å². The lowest BCUT2D eigenvalue weighted by Crippen LogP contribution is -2.27. The number of ether oxygens (including phenoxy) is 2. The van der Waals surface area contributed by atoms with Crippen LogP contribution in [-0.2, 0) is 4.79 Å². The van der Waals surface area contributed by atoms with Gasteiger partial charge in [-0.15, -0.1) is 0 Å². The number of carbonyl (C=O) groups excluding carboxylic acids is 1. The maximum absolute atomic E-state index is 12.2. The van der Waals surface area contributed by atoms with Crippen LogP contribution in [0.1, 0.15) is 20.8 Å². The fraction of sp³-hybridized carbons (Fsp3) is 0.300. The summed E-state index contributed by atoms with van der Waals surface area (Å²) < 4.78 is 13.1. The van der Waals surface area contributed by atoms with Crippen LogP contribution in [0, 0.1) is 5.41 Å². The Kier molecular flexibility index (Phi) is 3.83. The molecule has 1 aliphatic heterocycles. The van der Waals surface area contributed by atoms with Crippen LogP contribution in [0.4, 0.5) is 5.69 Å². The molecule has 0 spiro atoms. The van der Waals surface area contributed by atoms with Gasteiger partial charge in [-0.2, -0.15) is 0 Å². The first-order chi connectivity index (χ1) is 12.4. The van der Waals surface area contributed by atoms with E-state index in [0.29, 0.717) is 13.2 Å². The summed E-state index contributed by atoms with van der Waals surface area (Å²) in [6.07, 6.45) is 3.81. The molecule has 0 aliphatic carbocycles. The number of amides is 1. The number of imidazole rings is 1. The maximum atomic E-state index is 12.2. The van der Waals surface area contributed by atoms with Crippen molar-refractivity contribution in [2.45, 2.75) is 20.8 Å². The molecule has 0 saturated heterocycles. The zero-order chi connectivity index (χ0) is 18.3. The largest absolute Gasteiger partial charge is 0.486 e. The van der Waals surface area contributed by atoms with E-state index in [1.165, 1.54) is 0 Å². The van der Waals surface area contributed by atoms with Crippen molar-refractivity contribution in [3.63, 3.8) is 0 Å². The first kappa shape index (κ1) is 16.4. The van der Waals surface area contributed by atoms with Crippen molar-refractivity contribution in [1.82, 2.24) is 9.38 Å². The number of fused-ring (bicyclic) bond motifs is 2. The van der Waals surface area contributed by atoms with Gasteiger partial charge in [0.25, 0.3) is 0 Å². The Hall–Kier alpha value is -3.02. The van der Waals surface area contributed by atoms with Gasteiger partial charge in [-0.05, 0) is 30.3 Å². The summed E-state index contributed by atoms with van der Waals surface area (Å²) in [6, 6.07) is 9.57. The molecule has 0 fully saturated rings. The third kappa shape index (κ3) is 3.10. The highest BCUT2D eigenvalue weighted by atomic mass is 16.6. The monoisotopic (exact) mass is 351 g/mol. The van der Waals surface area contributed by atoms with E-state index in [-0.39, 0.29) is 5.91 Å². The van der Waals surface area contributed by atoms with Crippen LogP contribution >= 0.6 is 0 Å². The Bertz CT molecular complexity index is 986. The summed E-state index contributed by atoms with van der Waals surface area (Å²) in [5, 5.41) is 2.94. The van der Waals surface area contributed by atoms with Gasteiger partial charge in [0, 0.05) is 23.4 Å². The number of nitrogens with one attached hydrogen (secondary N) is 1. The number of aromatic nitrogens is 2. The van der Waals surface area contributed by atoms with E-state index < -0.39 is 5.41 Å². The zero-order valence-electron chi connectivity index (χ0n) is 15.1. The molecular formula is C20H21N3O3. The second-order valence-electron chi connectivity index (χ2n) is 7.37. The maximum Gasteiger partial charge on any atom is 0.229 e. The van der Waals surface area contributed by atoms with Crippen LogP contribution < -0.4 is 14.8 Å². The van der Waals surface area contributed by atoms with Gasteiger partial charge in [-0.25, -0.2) is 4.98 Å². The molecule has 0 atom stereocenters. The summed E-state index contributed by atoms with van der Waals surface area (Å²) in [4.78, 5) is 16.8. The quantitative estimate of drug-likeness (QED) is 0.763. The van der Waals surface area contributed by atoms with E-state index in [4.69, 9.17) is 9.47 Å². The summed E-state index contributed by atoms with van der Waals surface area (Å²) >= 11 is 0. The van der Waals surface area contributed by atoms with Crippen molar-refractivity contribution in [2.24, 2.45) is 5.41 Å². The molecule has 3 aromatic rings. The summed E-state index contributed by atoms with van der Waals surface area (Å²) in [7, 11) is 0. The Morgan fingerprint density at radius 1 is 1.08 bits per heavy atom. The van der Waals surface area contributed by atoms with Gasteiger partial charge in [0.1, 0.15) is 18.9 Å². The Balaban J connectivity index is 1.65. The second-order valence-corrected chi connectivity index (χ2v) is 7.37. The first-order valence-electron chi connectivity index (χ1n) is 8.60. The molecule has 0 radical (unpaired) electrons. The smallest absolute Gasteiger partial charge is 0.229 e. The third-order valence-electron chi connectivity index (χ3n) is 4.23. The molecular weight excluding hydrogens is 330 g/mol. The lowest BCUT2D eigenvalue weighted by atomic mass is 9.96. The third-order valence-corrected chi connectivity index (χ3v) is 4.23. The molecule has 6 nitrogen and oxygen atoms in total. The number of benzene rings is 1. The van der Waals surface area contributed by atoms with Crippen molar-refractivity contribution < 1.29 is 14.3 Å². The van der Waals surface area contributed by atoms with Gasteiger partial charge in [-0.1, -0.05) is 20.8 Å². The summed E-state index contributed by atoms with van der Waals surface area (Å²) in [5.41, 5.74) is 2.90. The fourth-order valence-electron chi connectivity index (χ4n) is 2.73. The highest BCUT2D eigenvalue weighted by Crippen LogP contribution is 2.34. The summed E-state index contributed by atoms with van der Waals surface area (Å²) in [6.45, 7) is 6.79. The Morgan fingerprint density at radius 2 is 1.85 bits per heavy atom. The van der Waals surface area contributed by atoms with Crippen LogP contribution in [-0.4, -0.2) is 28.5 Å². The van der Waals surface area contributed by atoms with E-state index in [2.05, 4.69) is 10.3 Å². The van der Waals surface area contributed by atoms with Crippen LogP contribution in [0.25, 0.3) is 16.9 Å². The molecule has 0 bridgehead atoms. The van der Waals surface area contributed by atoms with Crippen molar-refractivity contribution >= 4 is 17.2 Å². The number of rotatable bonds is 2. The van der Waals surface area contributed by atoms with E-state index in [1.54, 1.807) is 0 Å². The molecule has 1 aromatic carbocycles. The number of pyridine rings is 1. The fourth-order valence-corrected chi connectivity index (χ4v) is 2.73. The number of hydrogen-bond acceptors (Lipinski definition) is 4. The Morgan fingerprint density at radius 3 is 2.62 bits per heavy atom. The Labute approximate surface area is 151 Å². The van der Waals surface area contributed by atoms with Crippen molar-refractivity contribution in [1.29, 1.82) is 0 Å². The molecule has 0 saturated carbocycles. The zero-order valence-corrected chi connectivity index (χ0v) is 15.1. The predicted octanol–water partition coefficient (Wildman–Crippen LogP) is 3.76. The standard InChI is InChI=1S/C20H21N3O3/c1-20(2,3)19(24)21-14-5-7-18-22-15(12-23(18)11-14)13-4-6-16-17(10-13)26-9-8-25-16/h4-7,10-12H,8-9H2,1-3H3,(H,21,24). The molecule has 4 rings (SSSR count). The summed E-state index contributed by atoms with van der Waals surface area (Å²) in [5.74, 6) is 1.48. The molecule has 2 aromatic heterocycles. The minimum Gasteiger partial charge on any atom is -0.486 e. The molecule has 1 aliphatic rings. The number of hydrogen-bond donors (Lipinski definition) is 1. The highest BCUT2D eigenvalue weighted by molar-refractivity contribution is 5.94. The molecule has 134 valence electrons. The van der Waals surface area contributed by atoms with Crippen LogP contribution in [0.3, 0.4) is 0 Å². The molecule has 6 heteroatoms. The molecule has 1 amide bonds. The van der Waals surface area contributed by atoms with Crippen LogP contribution in [0.15, 0.2) is 42.7 Å². The van der Waals surface area contributed by atoms with Crippen molar-refractivity contribution in [3.8, 4) is 22.8 Å². The van der Waals surface area contributed by atoms with E-state index in [0.717, 1.165) is 34.1 Å².